The van der Waals surface area contributed by atoms with Crippen molar-refractivity contribution in [2.24, 2.45) is 0 Å². The molecule has 22 heavy (non-hydrogen) atoms. The first-order valence-electron chi connectivity index (χ1n) is 6.57. The van der Waals surface area contributed by atoms with E-state index in [1.165, 1.54) is 10.8 Å². The fraction of sp³-hybridized carbons (Fsp3) is 0.214. The Hall–Kier alpha value is -2.54. The minimum atomic E-state index is -0.630. The number of benzene rings is 1. The maximum absolute atomic E-state index is 12.1. The number of anilines is 1. The van der Waals surface area contributed by atoms with Crippen molar-refractivity contribution in [2.75, 3.05) is 18.9 Å². The van der Waals surface area contributed by atoms with Crippen LogP contribution in [0.25, 0.3) is 0 Å². The molecular weight excluding hydrogens is 308 g/mol. The topological polar surface area (TPSA) is 96.0 Å². The van der Waals surface area contributed by atoms with Crippen LogP contribution in [0.2, 0.25) is 5.02 Å². The molecule has 2 aromatic rings. The number of carbonyl (C=O) groups is 1. The lowest BCUT2D eigenvalue weighted by Gasteiger charge is -2.10. The van der Waals surface area contributed by atoms with E-state index in [1.54, 1.807) is 25.2 Å². The smallest absolute Gasteiger partial charge is 0.328 e. The summed E-state index contributed by atoms with van der Waals surface area (Å²) in [6.45, 7) is 0.419. The number of H-pyrrole nitrogens is 1. The van der Waals surface area contributed by atoms with Crippen LogP contribution < -0.4 is 21.9 Å². The number of hydrogen-bond acceptors (Lipinski definition) is 4. The number of carbonyl (C=O) groups excluding carboxylic acids is 1. The predicted molar refractivity (Wildman–Crippen MR) is 84.7 cm³/mol. The molecule has 0 saturated heterocycles. The Morgan fingerprint density at radius 3 is 2.77 bits per heavy atom. The number of halogens is 1. The molecule has 0 atom stereocenters. The largest absolute Gasteiger partial charge is 0.387 e. The van der Waals surface area contributed by atoms with Crippen LogP contribution in [0.4, 0.5) is 5.69 Å². The number of amides is 1. The van der Waals surface area contributed by atoms with Gasteiger partial charge >= 0.3 is 5.69 Å². The molecule has 1 aromatic carbocycles. The minimum Gasteiger partial charge on any atom is -0.387 e. The van der Waals surface area contributed by atoms with Crippen LogP contribution in [-0.2, 0) is 6.54 Å². The van der Waals surface area contributed by atoms with E-state index in [2.05, 4.69) is 15.6 Å². The summed E-state index contributed by atoms with van der Waals surface area (Å²) in [5, 5.41) is 5.57. The van der Waals surface area contributed by atoms with E-state index in [9.17, 15) is 14.4 Å². The summed E-state index contributed by atoms with van der Waals surface area (Å²) in [6, 6.07) is 7.08. The van der Waals surface area contributed by atoms with E-state index in [0.717, 1.165) is 0 Å². The summed E-state index contributed by atoms with van der Waals surface area (Å²) in [7, 11) is 1.73. The van der Waals surface area contributed by atoms with Crippen molar-refractivity contribution in [1.82, 2.24) is 14.9 Å². The number of rotatable bonds is 5. The number of para-hydroxylation sites is 1. The van der Waals surface area contributed by atoms with Gasteiger partial charge in [-0.3, -0.25) is 19.1 Å². The Kier molecular flexibility index (Phi) is 5.00. The van der Waals surface area contributed by atoms with Crippen molar-refractivity contribution in [3.63, 3.8) is 0 Å². The van der Waals surface area contributed by atoms with Gasteiger partial charge in [-0.1, -0.05) is 23.7 Å². The van der Waals surface area contributed by atoms with Crippen molar-refractivity contribution < 1.29 is 4.79 Å². The first-order chi connectivity index (χ1) is 10.5. The molecule has 0 aliphatic carbocycles. The zero-order valence-corrected chi connectivity index (χ0v) is 12.6. The van der Waals surface area contributed by atoms with Crippen LogP contribution in [0, 0.1) is 0 Å². The zero-order chi connectivity index (χ0) is 16.1. The molecule has 0 unspecified atom stereocenters. The average Bonchev–Trinajstić information content (AvgIpc) is 2.52. The van der Waals surface area contributed by atoms with E-state index >= 15 is 0 Å². The van der Waals surface area contributed by atoms with Crippen LogP contribution in [0.1, 0.15) is 10.4 Å². The van der Waals surface area contributed by atoms with Crippen molar-refractivity contribution in [1.29, 1.82) is 0 Å². The van der Waals surface area contributed by atoms with Gasteiger partial charge in [0, 0.05) is 32.0 Å². The molecule has 0 bridgehead atoms. The molecule has 0 saturated carbocycles. The van der Waals surface area contributed by atoms with Crippen molar-refractivity contribution in [3.05, 3.63) is 61.9 Å². The Labute approximate surface area is 130 Å². The fourth-order valence-electron chi connectivity index (χ4n) is 1.93. The Morgan fingerprint density at radius 1 is 1.32 bits per heavy atom. The van der Waals surface area contributed by atoms with Crippen molar-refractivity contribution >= 4 is 23.2 Å². The number of hydrogen-bond donors (Lipinski definition) is 3. The first-order valence-corrected chi connectivity index (χ1v) is 6.95. The molecule has 0 radical (unpaired) electrons. The Balaban J connectivity index is 2.02. The standard InChI is InChI=1S/C14H15ClN4O3/c1-16-11-5-3-2-4-9(11)12(20)17-6-7-19-8-10(15)13(21)18-14(19)22/h2-5,8,16H,6-7H2,1H3,(H,17,20)(H,18,21,22). The van der Waals surface area contributed by atoms with Crippen LogP contribution in [0.5, 0.6) is 0 Å². The molecule has 1 aromatic heterocycles. The van der Waals surface area contributed by atoms with E-state index in [0.29, 0.717) is 11.3 Å². The second kappa shape index (κ2) is 6.95. The second-order valence-corrected chi connectivity index (χ2v) is 4.89. The Morgan fingerprint density at radius 2 is 2.05 bits per heavy atom. The first kappa shape index (κ1) is 15.8. The van der Waals surface area contributed by atoms with Gasteiger partial charge < -0.3 is 10.6 Å². The summed E-state index contributed by atoms with van der Waals surface area (Å²) in [6.07, 6.45) is 1.25. The van der Waals surface area contributed by atoms with Gasteiger partial charge in [0.2, 0.25) is 0 Å². The lowest BCUT2D eigenvalue weighted by atomic mass is 10.1. The number of nitrogens with zero attached hydrogens (tertiary/aromatic N) is 1. The summed E-state index contributed by atoms with van der Waals surface area (Å²) in [4.78, 5) is 36.9. The third-order valence-electron chi connectivity index (χ3n) is 3.05. The average molecular weight is 323 g/mol. The summed E-state index contributed by atoms with van der Waals surface area (Å²) < 4.78 is 1.23. The molecule has 8 heteroatoms. The SMILES string of the molecule is CNc1ccccc1C(=O)NCCn1cc(Cl)c(=O)[nH]c1=O. The molecule has 0 aliphatic rings. The van der Waals surface area contributed by atoms with Crippen LogP contribution in [0.15, 0.2) is 40.1 Å². The third kappa shape index (κ3) is 3.56. The molecule has 0 aliphatic heterocycles. The highest BCUT2D eigenvalue weighted by Gasteiger charge is 2.09. The van der Waals surface area contributed by atoms with Crippen molar-refractivity contribution in [3.8, 4) is 0 Å². The van der Waals surface area contributed by atoms with Crippen LogP contribution in [-0.4, -0.2) is 29.1 Å². The summed E-state index contributed by atoms with van der Waals surface area (Å²) in [5.41, 5.74) is 0.0234. The van der Waals surface area contributed by atoms with Crippen LogP contribution in [0.3, 0.4) is 0 Å². The molecule has 7 nitrogen and oxygen atoms in total. The monoisotopic (exact) mass is 322 g/mol. The van der Waals surface area contributed by atoms with Gasteiger partial charge in [-0.25, -0.2) is 4.79 Å². The van der Waals surface area contributed by atoms with Gasteiger partial charge in [-0.2, -0.15) is 0 Å². The number of aromatic amines is 1. The molecule has 0 fully saturated rings. The minimum absolute atomic E-state index is 0.0774. The highest BCUT2D eigenvalue weighted by molar-refractivity contribution is 6.30. The molecular formula is C14H15ClN4O3. The summed E-state index contributed by atoms with van der Waals surface area (Å²) in [5.74, 6) is -0.256. The maximum Gasteiger partial charge on any atom is 0.328 e. The van der Waals surface area contributed by atoms with Gasteiger partial charge in [0.05, 0.1) is 5.56 Å². The summed E-state index contributed by atoms with van der Waals surface area (Å²) >= 11 is 5.66. The third-order valence-corrected chi connectivity index (χ3v) is 3.32. The van der Waals surface area contributed by atoms with Gasteiger partial charge in [-0.15, -0.1) is 0 Å². The number of aromatic nitrogens is 2. The van der Waals surface area contributed by atoms with E-state index < -0.39 is 11.2 Å². The zero-order valence-electron chi connectivity index (χ0n) is 11.9. The molecule has 2 rings (SSSR count). The fourth-order valence-corrected chi connectivity index (χ4v) is 2.10. The van der Waals surface area contributed by atoms with Gasteiger partial charge in [-0.05, 0) is 12.1 Å². The van der Waals surface area contributed by atoms with Gasteiger partial charge in [0.25, 0.3) is 11.5 Å². The second-order valence-electron chi connectivity index (χ2n) is 4.48. The molecule has 3 N–H and O–H groups in total. The highest BCUT2D eigenvalue weighted by atomic mass is 35.5. The Bertz CT molecular complexity index is 797. The van der Waals surface area contributed by atoms with Crippen molar-refractivity contribution in [2.45, 2.75) is 6.54 Å². The number of nitrogens with one attached hydrogen (secondary N) is 3. The molecule has 116 valence electrons. The molecule has 1 amide bonds. The lowest BCUT2D eigenvalue weighted by molar-refractivity contribution is 0.0953. The van der Waals surface area contributed by atoms with E-state index in [4.69, 9.17) is 11.6 Å². The predicted octanol–water partition coefficient (Wildman–Crippen LogP) is 0.662. The maximum atomic E-state index is 12.1. The van der Waals surface area contributed by atoms with E-state index in [-0.39, 0.29) is 24.0 Å². The lowest BCUT2D eigenvalue weighted by Crippen LogP contribution is -2.34. The van der Waals surface area contributed by atoms with Gasteiger partial charge in [0.15, 0.2) is 0 Å². The molecule has 1 heterocycles. The quantitative estimate of drug-likeness (QED) is 0.753. The molecule has 0 spiro atoms. The normalized spacial score (nSPS) is 10.3. The van der Waals surface area contributed by atoms with E-state index in [1.807, 2.05) is 6.07 Å². The van der Waals surface area contributed by atoms with Crippen LogP contribution >= 0.6 is 11.6 Å². The highest BCUT2D eigenvalue weighted by Crippen LogP contribution is 2.13. The van der Waals surface area contributed by atoms with Gasteiger partial charge in [0.1, 0.15) is 5.02 Å².